The number of hydrogen-bond acceptors (Lipinski definition) is 3. The highest BCUT2D eigenvalue weighted by Gasteiger charge is 2.31. The van der Waals surface area contributed by atoms with Crippen LogP contribution < -0.4 is 0 Å². The molecule has 2 atom stereocenters. The summed E-state index contributed by atoms with van der Waals surface area (Å²) < 4.78 is 9.95. The molecule has 3 heterocycles. The highest BCUT2D eigenvalue weighted by atomic mass is 35.5. The Kier molecular flexibility index (Phi) is 3.27. The van der Waals surface area contributed by atoms with Crippen LogP contribution in [0.2, 0.25) is 0 Å². The third-order valence-electron chi connectivity index (χ3n) is 3.90. The fourth-order valence-corrected chi connectivity index (χ4v) is 3.15. The molecule has 2 aromatic heterocycles. The van der Waals surface area contributed by atoms with E-state index in [9.17, 15) is 0 Å². The molecule has 1 saturated heterocycles. The lowest BCUT2D eigenvalue weighted by Gasteiger charge is -2.19. The maximum atomic E-state index is 6.08. The lowest BCUT2D eigenvalue weighted by atomic mass is 10.1. The molecule has 0 bridgehead atoms. The summed E-state index contributed by atoms with van der Waals surface area (Å²) in [5, 5.41) is 4.55. The Morgan fingerprint density at radius 3 is 2.84 bits per heavy atom. The zero-order valence-corrected chi connectivity index (χ0v) is 12.3. The van der Waals surface area contributed by atoms with E-state index < -0.39 is 0 Å². The Bertz CT molecular complexity index is 603. The fourth-order valence-electron chi connectivity index (χ4n) is 2.96. The molecule has 0 aliphatic carbocycles. The summed E-state index contributed by atoms with van der Waals surface area (Å²) in [6.45, 7) is 7.84. The molecule has 2 aromatic rings. The van der Waals surface area contributed by atoms with Crippen LogP contribution in [0.25, 0.3) is 11.2 Å². The van der Waals surface area contributed by atoms with E-state index in [0.717, 1.165) is 42.3 Å². The number of nitrogens with zero attached hydrogens (tertiary/aromatic N) is 4. The molecular formula is C13H19ClN4O. The third-order valence-corrected chi connectivity index (χ3v) is 4.14. The van der Waals surface area contributed by atoms with Crippen LogP contribution >= 0.6 is 11.6 Å². The van der Waals surface area contributed by atoms with Gasteiger partial charge >= 0.3 is 0 Å². The van der Waals surface area contributed by atoms with Crippen molar-refractivity contribution in [3.63, 3.8) is 0 Å². The summed E-state index contributed by atoms with van der Waals surface area (Å²) in [7, 11) is 0. The molecule has 0 saturated carbocycles. The summed E-state index contributed by atoms with van der Waals surface area (Å²) in [6.07, 6.45) is 1.20. The summed E-state index contributed by atoms with van der Waals surface area (Å²) in [6, 6.07) is 0.306. The average Bonchev–Trinajstić information content (AvgIpc) is 3.05. The van der Waals surface area contributed by atoms with Crippen molar-refractivity contribution < 1.29 is 4.74 Å². The van der Waals surface area contributed by atoms with Gasteiger partial charge in [0.15, 0.2) is 5.65 Å². The van der Waals surface area contributed by atoms with Gasteiger partial charge in [-0.1, -0.05) is 0 Å². The molecule has 3 rings (SSSR count). The molecule has 0 aromatic carbocycles. The molecule has 104 valence electrons. The van der Waals surface area contributed by atoms with Crippen LogP contribution in [0.3, 0.4) is 0 Å². The van der Waals surface area contributed by atoms with Crippen molar-refractivity contribution in [1.82, 2.24) is 19.3 Å². The van der Waals surface area contributed by atoms with Gasteiger partial charge < -0.3 is 9.30 Å². The summed E-state index contributed by atoms with van der Waals surface area (Å²) >= 11 is 6.08. The number of rotatable bonds is 3. The average molecular weight is 283 g/mol. The number of ether oxygens (including phenoxy) is 1. The lowest BCUT2D eigenvalue weighted by molar-refractivity contribution is 0.108. The minimum absolute atomic E-state index is 0.194. The summed E-state index contributed by atoms with van der Waals surface area (Å²) in [5.74, 6) is 1.34. The normalized spacial score (nSPS) is 23.6. The largest absolute Gasteiger partial charge is 0.376 e. The first-order chi connectivity index (χ1) is 9.17. The maximum absolute atomic E-state index is 6.08. The monoisotopic (exact) mass is 282 g/mol. The number of imidazole rings is 1. The Balaban J connectivity index is 2.25. The van der Waals surface area contributed by atoms with Gasteiger partial charge in [-0.15, -0.1) is 11.6 Å². The number of fused-ring (bicyclic) bond motifs is 1. The standard InChI is InChI=1S/C13H19ClN4O/c1-4-17-13-12(8(2)16-17)15-11(7-14)18(13)10-5-6-19-9(10)3/h9-10H,4-7H2,1-3H3. The molecule has 0 spiro atoms. The van der Waals surface area contributed by atoms with Crippen LogP contribution in [0.5, 0.6) is 0 Å². The first-order valence-electron chi connectivity index (χ1n) is 6.79. The fraction of sp³-hybridized carbons (Fsp3) is 0.692. The topological polar surface area (TPSA) is 44.9 Å². The molecule has 1 aliphatic rings. The maximum Gasteiger partial charge on any atom is 0.159 e. The van der Waals surface area contributed by atoms with Crippen LogP contribution in [0.15, 0.2) is 0 Å². The van der Waals surface area contributed by atoms with Crippen LogP contribution in [0, 0.1) is 6.92 Å². The van der Waals surface area contributed by atoms with Crippen molar-refractivity contribution in [2.24, 2.45) is 0 Å². The van der Waals surface area contributed by atoms with E-state index in [2.05, 4.69) is 28.5 Å². The molecular weight excluding hydrogens is 264 g/mol. The number of aryl methyl sites for hydroxylation is 2. The molecule has 2 unspecified atom stereocenters. The van der Waals surface area contributed by atoms with E-state index >= 15 is 0 Å². The Morgan fingerprint density at radius 2 is 2.26 bits per heavy atom. The van der Waals surface area contributed by atoms with Gasteiger partial charge in [0.05, 0.1) is 23.7 Å². The van der Waals surface area contributed by atoms with Gasteiger partial charge in [-0.25, -0.2) is 9.67 Å². The minimum atomic E-state index is 0.194. The lowest BCUT2D eigenvalue weighted by Crippen LogP contribution is -2.20. The molecule has 0 N–H and O–H groups in total. The predicted molar refractivity (Wildman–Crippen MR) is 74.6 cm³/mol. The van der Waals surface area contributed by atoms with Gasteiger partial charge in [-0.3, -0.25) is 0 Å². The molecule has 0 radical (unpaired) electrons. The van der Waals surface area contributed by atoms with Crippen molar-refractivity contribution in [3.05, 3.63) is 11.5 Å². The summed E-state index contributed by atoms with van der Waals surface area (Å²) in [4.78, 5) is 4.67. The molecule has 6 heteroatoms. The van der Waals surface area contributed by atoms with Gasteiger partial charge in [-0.2, -0.15) is 5.10 Å². The predicted octanol–water partition coefficient (Wildman–Crippen LogP) is 2.65. The second kappa shape index (κ2) is 4.80. The molecule has 0 amide bonds. The Labute approximate surface area is 117 Å². The highest BCUT2D eigenvalue weighted by Crippen LogP contribution is 2.32. The van der Waals surface area contributed by atoms with Crippen molar-refractivity contribution in [2.45, 2.75) is 51.8 Å². The highest BCUT2D eigenvalue weighted by molar-refractivity contribution is 6.16. The number of hydrogen-bond donors (Lipinski definition) is 0. The third kappa shape index (κ3) is 1.87. The number of alkyl halides is 1. The quantitative estimate of drug-likeness (QED) is 0.813. The van der Waals surface area contributed by atoms with Crippen molar-refractivity contribution >= 4 is 22.8 Å². The smallest absolute Gasteiger partial charge is 0.159 e. The van der Waals surface area contributed by atoms with Gasteiger partial charge in [0, 0.05) is 13.2 Å². The van der Waals surface area contributed by atoms with E-state index in [1.54, 1.807) is 0 Å². The van der Waals surface area contributed by atoms with E-state index in [4.69, 9.17) is 16.3 Å². The molecule has 1 aliphatic heterocycles. The van der Waals surface area contributed by atoms with Crippen LogP contribution in [-0.4, -0.2) is 32.0 Å². The second-order valence-corrected chi connectivity index (χ2v) is 5.30. The van der Waals surface area contributed by atoms with E-state index in [0.29, 0.717) is 11.9 Å². The molecule has 5 nitrogen and oxygen atoms in total. The molecule has 19 heavy (non-hydrogen) atoms. The summed E-state index contributed by atoms with van der Waals surface area (Å²) in [5.41, 5.74) is 3.02. The van der Waals surface area contributed by atoms with E-state index in [1.165, 1.54) is 0 Å². The van der Waals surface area contributed by atoms with Crippen LogP contribution in [0.1, 0.15) is 37.8 Å². The molecule has 1 fully saturated rings. The van der Waals surface area contributed by atoms with Gasteiger partial charge in [0.25, 0.3) is 0 Å². The Morgan fingerprint density at radius 1 is 1.47 bits per heavy atom. The zero-order valence-electron chi connectivity index (χ0n) is 11.6. The SMILES string of the molecule is CCn1nc(C)c2nc(CCl)n(C3CCOC3C)c21. The van der Waals surface area contributed by atoms with Crippen molar-refractivity contribution in [2.75, 3.05) is 6.61 Å². The second-order valence-electron chi connectivity index (χ2n) is 5.04. The van der Waals surface area contributed by atoms with E-state index in [1.807, 2.05) is 11.6 Å². The van der Waals surface area contributed by atoms with Gasteiger partial charge in [0.1, 0.15) is 11.3 Å². The first kappa shape index (κ1) is 12.9. The minimum Gasteiger partial charge on any atom is -0.376 e. The van der Waals surface area contributed by atoms with Crippen LogP contribution in [-0.2, 0) is 17.2 Å². The van der Waals surface area contributed by atoms with Gasteiger partial charge in [0.2, 0.25) is 0 Å². The van der Waals surface area contributed by atoms with Gasteiger partial charge in [-0.05, 0) is 27.2 Å². The van der Waals surface area contributed by atoms with Crippen molar-refractivity contribution in [3.8, 4) is 0 Å². The zero-order chi connectivity index (χ0) is 13.6. The number of aromatic nitrogens is 4. The first-order valence-corrected chi connectivity index (χ1v) is 7.32. The van der Waals surface area contributed by atoms with Crippen LogP contribution in [0.4, 0.5) is 0 Å². The van der Waals surface area contributed by atoms with E-state index in [-0.39, 0.29) is 6.10 Å². The number of halogens is 1. The van der Waals surface area contributed by atoms with Crippen molar-refractivity contribution in [1.29, 1.82) is 0 Å². The Hall–Kier alpha value is -1.07.